The number of pyridine rings is 1. The molecule has 0 atom stereocenters. The highest BCUT2D eigenvalue weighted by molar-refractivity contribution is 5.82. The first kappa shape index (κ1) is 13.4. The Morgan fingerprint density at radius 2 is 2.10 bits per heavy atom. The molecule has 2 heterocycles. The van der Waals surface area contributed by atoms with Crippen LogP contribution in [0.4, 0.5) is 5.82 Å². The first-order valence-electron chi connectivity index (χ1n) is 7.48. The van der Waals surface area contributed by atoms with Crippen LogP contribution in [0.15, 0.2) is 30.3 Å². The molecule has 0 saturated carbocycles. The third kappa shape index (κ3) is 2.27. The number of nitrogens with two attached hydrogens (primary N) is 1. The van der Waals surface area contributed by atoms with Crippen molar-refractivity contribution in [2.24, 2.45) is 5.73 Å². The zero-order valence-corrected chi connectivity index (χ0v) is 12.4. The van der Waals surface area contributed by atoms with Gasteiger partial charge in [-0.2, -0.15) is 0 Å². The molecule has 0 spiro atoms. The van der Waals surface area contributed by atoms with Crippen LogP contribution in [-0.4, -0.2) is 23.6 Å². The third-order valence-corrected chi connectivity index (χ3v) is 4.35. The van der Waals surface area contributed by atoms with Crippen molar-refractivity contribution in [1.29, 1.82) is 0 Å². The molecule has 3 heteroatoms. The summed E-state index contributed by atoms with van der Waals surface area (Å²) < 4.78 is 0. The molecule has 1 aromatic heterocycles. The van der Waals surface area contributed by atoms with E-state index in [1.807, 2.05) is 0 Å². The average molecular weight is 269 g/mol. The molecular formula is C17H23N3. The second-order valence-electron chi connectivity index (χ2n) is 6.27. The van der Waals surface area contributed by atoms with Crippen LogP contribution in [0.25, 0.3) is 10.9 Å². The van der Waals surface area contributed by atoms with Gasteiger partial charge in [-0.05, 0) is 57.4 Å². The van der Waals surface area contributed by atoms with Crippen LogP contribution in [0.5, 0.6) is 0 Å². The van der Waals surface area contributed by atoms with Gasteiger partial charge in [0.15, 0.2) is 0 Å². The van der Waals surface area contributed by atoms with Crippen LogP contribution >= 0.6 is 0 Å². The molecule has 1 saturated heterocycles. The predicted molar refractivity (Wildman–Crippen MR) is 85.2 cm³/mol. The molecule has 0 amide bonds. The molecule has 2 N–H and O–H groups in total. The monoisotopic (exact) mass is 269 g/mol. The van der Waals surface area contributed by atoms with E-state index in [0.717, 1.165) is 24.3 Å². The lowest BCUT2D eigenvalue weighted by Gasteiger charge is -2.34. The molecule has 0 unspecified atom stereocenters. The van der Waals surface area contributed by atoms with E-state index in [2.05, 4.69) is 49.1 Å². The van der Waals surface area contributed by atoms with Crippen molar-refractivity contribution in [3.05, 3.63) is 35.9 Å². The number of rotatable bonds is 3. The summed E-state index contributed by atoms with van der Waals surface area (Å²) in [5.41, 5.74) is 8.34. The van der Waals surface area contributed by atoms with E-state index in [1.54, 1.807) is 0 Å². The average Bonchev–Trinajstić information content (AvgIpc) is 2.78. The minimum absolute atomic E-state index is 0.193. The maximum absolute atomic E-state index is 5.79. The highest BCUT2D eigenvalue weighted by Crippen LogP contribution is 2.35. The zero-order valence-electron chi connectivity index (χ0n) is 12.4. The number of fused-ring (bicyclic) bond motifs is 1. The predicted octanol–water partition coefficient (Wildman–Crippen LogP) is 3.11. The molecule has 3 nitrogen and oxygen atoms in total. The van der Waals surface area contributed by atoms with Crippen molar-refractivity contribution in [2.75, 3.05) is 18.0 Å². The van der Waals surface area contributed by atoms with E-state index in [1.165, 1.54) is 23.8 Å². The summed E-state index contributed by atoms with van der Waals surface area (Å²) in [4.78, 5) is 7.40. The Morgan fingerprint density at radius 3 is 2.80 bits per heavy atom. The smallest absolute Gasteiger partial charge is 0.132 e. The zero-order chi connectivity index (χ0) is 14.2. The maximum Gasteiger partial charge on any atom is 0.132 e. The molecule has 0 radical (unpaired) electrons. The topological polar surface area (TPSA) is 42.2 Å². The van der Waals surface area contributed by atoms with E-state index in [4.69, 9.17) is 10.7 Å². The Bertz CT molecular complexity index is 619. The molecule has 3 rings (SSSR count). The summed E-state index contributed by atoms with van der Waals surface area (Å²) in [6.45, 7) is 6.38. The SMILES string of the molecule is CC1(C)CCCN1c1nc2ccccc2cc1CCN. The summed E-state index contributed by atoms with van der Waals surface area (Å²) in [5, 5.41) is 1.21. The van der Waals surface area contributed by atoms with Gasteiger partial charge in [0, 0.05) is 17.5 Å². The van der Waals surface area contributed by atoms with Crippen LogP contribution in [0.2, 0.25) is 0 Å². The molecule has 1 aliphatic rings. The fourth-order valence-electron chi connectivity index (χ4n) is 3.22. The Kier molecular flexibility index (Phi) is 3.38. The first-order valence-corrected chi connectivity index (χ1v) is 7.48. The van der Waals surface area contributed by atoms with Gasteiger partial charge in [0.1, 0.15) is 5.82 Å². The number of anilines is 1. The Labute approximate surface area is 120 Å². The summed E-state index contributed by atoms with van der Waals surface area (Å²) in [6, 6.07) is 10.6. The van der Waals surface area contributed by atoms with Crippen LogP contribution in [-0.2, 0) is 6.42 Å². The third-order valence-electron chi connectivity index (χ3n) is 4.35. The molecule has 106 valence electrons. The van der Waals surface area contributed by atoms with Crippen LogP contribution < -0.4 is 10.6 Å². The van der Waals surface area contributed by atoms with E-state index >= 15 is 0 Å². The Hall–Kier alpha value is -1.61. The summed E-state index contributed by atoms with van der Waals surface area (Å²) in [6.07, 6.45) is 3.35. The molecule has 20 heavy (non-hydrogen) atoms. The van der Waals surface area contributed by atoms with Crippen LogP contribution in [0.1, 0.15) is 32.3 Å². The summed E-state index contributed by atoms with van der Waals surface area (Å²) >= 11 is 0. The van der Waals surface area contributed by atoms with Crippen molar-refractivity contribution in [1.82, 2.24) is 4.98 Å². The lowest BCUT2D eigenvalue weighted by Crippen LogP contribution is -2.39. The summed E-state index contributed by atoms with van der Waals surface area (Å²) in [5.74, 6) is 1.14. The van der Waals surface area contributed by atoms with Gasteiger partial charge in [-0.25, -0.2) is 4.98 Å². The highest BCUT2D eigenvalue weighted by atomic mass is 15.3. The standard InChI is InChI=1S/C17H23N3/c1-17(2)9-5-11-20(17)16-14(8-10-18)12-13-6-3-4-7-15(13)19-16/h3-4,6-7,12H,5,8-11,18H2,1-2H3. The molecule has 1 aliphatic heterocycles. The quantitative estimate of drug-likeness (QED) is 0.931. The van der Waals surface area contributed by atoms with Gasteiger partial charge in [-0.3, -0.25) is 0 Å². The molecular weight excluding hydrogens is 246 g/mol. The first-order chi connectivity index (χ1) is 9.62. The van der Waals surface area contributed by atoms with Crippen molar-refractivity contribution in [2.45, 2.75) is 38.6 Å². The van der Waals surface area contributed by atoms with Crippen molar-refractivity contribution in [3.63, 3.8) is 0 Å². The van der Waals surface area contributed by atoms with Gasteiger partial charge >= 0.3 is 0 Å². The van der Waals surface area contributed by atoms with E-state index in [0.29, 0.717) is 6.54 Å². The lowest BCUT2D eigenvalue weighted by molar-refractivity contribution is 0.513. The van der Waals surface area contributed by atoms with Gasteiger partial charge in [0.25, 0.3) is 0 Å². The fraction of sp³-hybridized carbons (Fsp3) is 0.471. The minimum atomic E-state index is 0.193. The van der Waals surface area contributed by atoms with Crippen molar-refractivity contribution >= 4 is 16.7 Å². The number of nitrogens with zero attached hydrogens (tertiary/aromatic N) is 2. The van der Waals surface area contributed by atoms with E-state index in [-0.39, 0.29) is 5.54 Å². The molecule has 2 aromatic rings. The van der Waals surface area contributed by atoms with Gasteiger partial charge in [-0.1, -0.05) is 18.2 Å². The maximum atomic E-state index is 5.79. The van der Waals surface area contributed by atoms with Crippen LogP contribution in [0.3, 0.4) is 0 Å². The highest BCUT2D eigenvalue weighted by Gasteiger charge is 2.34. The Balaban J connectivity index is 2.14. The second kappa shape index (κ2) is 5.06. The number of hydrogen-bond acceptors (Lipinski definition) is 3. The normalized spacial score (nSPS) is 17.9. The fourth-order valence-corrected chi connectivity index (χ4v) is 3.22. The molecule has 0 aliphatic carbocycles. The molecule has 0 bridgehead atoms. The number of benzene rings is 1. The molecule has 1 fully saturated rings. The minimum Gasteiger partial charge on any atom is -0.351 e. The lowest BCUT2D eigenvalue weighted by atomic mass is 10.0. The van der Waals surface area contributed by atoms with Crippen molar-refractivity contribution in [3.8, 4) is 0 Å². The van der Waals surface area contributed by atoms with E-state index < -0.39 is 0 Å². The summed E-state index contributed by atoms with van der Waals surface area (Å²) in [7, 11) is 0. The van der Waals surface area contributed by atoms with Crippen molar-refractivity contribution < 1.29 is 0 Å². The van der Waals surface area contributed by atoms with Gasteiger partial charge in [-0.15, -0.1) is 0 Å². The molecule has 1 aromatic carbocycles. The van der Waals surface area contributed by atoms with E-state index in [9.17, 15) is 0 Å². The van der Waals surface area contributed by atoms with Gasteiger partial charge in [0.2, 0.25) is 0 Å². The van der Waals surface area contributed by atoms with Crippen LogP contribution in [0, 0.1) is 0 Å². The van der Waals surface area contributed by atoms with Gasteiger partial charge in [0.05, 0.1) is 5.52 Å². The largest absolute Gasteiger partial charge is 0.351 e. The number of para-hydroxylation sites is 1. The second-order valence-corrected chi connectivity index (χ2v) is 6.27. The number of hydrogen-bond donors (Lipinski definition) is 1. The Morgan fingerprint density at radius 1 is 1.30 bits per heavy atom. The number of aromatic nitrogens is 1. The van der Waals surface area contributed by atoms with Gasteiger partial charge < -0.3 is 10.6 Å².